The van der Waals surface area contributed by atoms with E-state index in [1.54, 1.807) is 0 Å². The van der Waals surface area contributed by atoms with Crippen LogP contribution in [0.4, 0.5) is 0 Å². The molecule has 1 aliphatic heterocycles. The Balaban J connectivity index is 1.77. The Morgan fingerprint density at radius 2 is 2.08 bits per heavy atom. The summed E-state index contributed by atoms with van der Waals surface area (Å²) in [5, 5.41) is 3.23. The first-order chi connectivity index (χ1) is 6.45. The molecule has 2 nitrogen and oxygen atoms in total. The van der Waals surface area contributed by atoms with Crippen LogP contribution in [-0.4, -0.2) is 25.3 Å². The third-order valence-corrected chi connectivity index (χ3v) is 2.82. The minimum absolute atomic E-state index is 0.396. The molecule has 74 valence electrons. The lowest BCUT2D eigenvalue weighted by molar-refractivity contribution is -0.0200. The third-order valence-electron chi connectivity index (χ3n) is 2.82. The fourth-order valence-corrected chi connectivity index (χ4v) is 1.85. The Morgan fingerprint density at radius 3 is 2.85 bits per heavy atom. The van der Waals surface area contributed by atoms with Crippen molar-refractivity contribution < 1.29 is 4.74 Å². The molecule has 1 unspecified atom stereocenters. The summed E-state index contributed by atoms with van der Waals surface area (Å²) in [5.74, 6) is 0. The highest BCUT2D eigenvalue weighted by atomic mass is 16.5. The Kier molecular flexibility index (Phi) is 3.39. The molecule has 0 aromatic rings. The highest BCUT2D eigenvalue weighted by molar-refractivity contribution is 4.92. The third kappa shape index (κ3) is 2.82. The molecular formula is C11H19NO. The van der Waals surface area contributed by atoms with Gasteiger partial charge in [0.15, 0.2) is 0 Å². The van der Waals surface area contributed by atoms with Gasteiger partial charge in [-0.1, -0.05) is 25.0 Å². The highest BCUT2D eigenvalue weighted by Gasteiger charge is 2.20. The average Bonchev–Trinajstić information content (AvgIpc) is 1.99. The molecule has 0 bridgehead atoms. The van der Waals surface area contributed by atoms with Crippen LogP contribution in [0.2, 0.25) is 0 Å². The van der Waals surface area contributed by atoms with Gasteiger partial charge in [-0.15, -0.1) is 0 Å². The lowest BCUT2D eigenvalue weighted by Gasteiger charge is -2.30. The van der Waals surface area contributed by atoms with Gasteiger partial charge in [0, 0.05) is 13.1 Å². The Labute approximate surface area is 80.4 Å². The van der Waals surface area contributed by atoms with Gasteiger partial charge in [-0.2, -0.15) is 0 Å². The second-order valence-corrected chi connectivity index (χ2v) is 4.02. The van der Waals surface area contributed by atoms with Crippen LogP contribution in [0.1, 0.15) is 32.1 Å². The molecule has 0 radical (unpaired) electrons. The number of hydrogen-bond donors (Lipinski definition) is 1. The van der Waals surface area contributed by atoms with E-state index in [1.807, 2.05) is 0 Å². The molecule has 0 aromatic heterocycles. The predicted molar refractivity (Wildman–Crippen MR) is 53.8 cm³/mol. The molecule has 0 aromatic carbocycles. The summed E-state index contributed by atoms with van der Waals surface area (Å²) < 4.78 is 5.91. The van der Waals surface area contributed by atoms with Gasteiger partial charge in [-0.05, 0) is 19.3 Å². The van der Waals surface area contributed by atoms with E-state index in [0.29, 0.717) is 12.2 Å². The summed E-state index contributed by atoms with van der Waals surface area (Å²) in [5.41, 5.74) is 0. The van der Waals surface area contributed by atoms with Gasteiger partial charge < -0.3 is 10.1 Å². The van der Waals surface area contributed by atoms with E-state index in [1.165, 1.54) is 32.1 Å². The maximum absolute atomic E-state index is 5.91. The molecule has 1 atom stereocenters. The molecule has 1 saturated heterocycles. The lowest BCUT2D eigenvalue weighted by Crippen LogP contribution is -2.49. The molecular weight excluding hydrogens is 162 g/mol. The minimum atomic E-state index is 0.396. The van der Waals surface area contributed by atoms with Gasteiger partial charge in [0.1, 0.15) is 0 Å². The van der Waals surface area contributed by atoms with Crippen LogP contribution in [0.25, 0.3) is 0 Å². The van der Waals surface area contributed by atoms with Crippen LogP contribution in [0.15, 0.2) is 12.2 Å². The molecule has 1 fully saturated rings. The van der Waals surface area contributed by atoms with Crippen molar-refractivity contribution in [2.24, 2.45) is 0 Å². The molecule has 2 heteroatoms. The van der Waals surface area contributed by atoms with E-state index < -0.39 is 0 Å². The van der Waals surface area contributed by atoms with E-state index in [0.717, 1.165) is 13.1 Å². The van der Waals surface area contributed by atoms with Crippen molar-refractivity contribution >= 4 is 0 Å². The summed E-state index contributed by atoms with van der Waals surface area (Å²) in [6, 6.07) is 0. The van der Waals surface area contributed by atoms with Crippen molar-refractivity contribution in [3.8, 4) is 0 Å². The van der Waals surface area contributed by atoms with Gasteiger partial charge in [0.2, 0.25) is 0 Å². The molecule has 0 saturated carbocycles. The predicted octanol–water partition coefficient (Wildman–Crippen LogP) is 1.86. The first-order valence-electron chi connectivity index (χ1n) is 5.48. The fourth-order valence-electron chi connectivity index (χ4n) is 1.85. The zero-order valence-corrected chi connectivity index (χ0v) is 8.17. The van der Waals surface area contributed by atoms with E-state index >= 15 is 0 Å². The van der Waals surface area contributed by atoms with Crippen molar-refractivity contribution in [3.63, 3.8) is 0 Å². The van der Waals surface area contributed by atoms with Gasteiger partial charge in [0.05, 0.1) is 12.2 Å². The van der Waals surface area contributed by atoms with Gasteiger partial charge >= 0.3 is 0 Å². The van der Waals surface area contributed by atoms with Crippen LogP contribution in [0.3, 0.4) is 0 Å². The first-order valence-corrected chi connectivity index (χ1v) is 5.48. The second kappa shape index (κ2) is 4.77. The zero-order chi connectivity index (χ0) is 8.93. The smallest absolute Gasteiger partial charge is 0.0831 e. The van der Waals surface area contributed by atoms with Gasteiger partial charge in [0.25, 0.3) is 0 Å². The van der Waals surface area contributed by atoms with Crippen molar-refractivity contribution in [2.45, 2.75) is 44.3 Å². The minimum Gasteiger partial charge on any atom is -0.368 e. The summed E-state index contributed by atoms with van der Waals surface area (Å²) in [6.07, 6.45) is 11.9. The quantitative estimate of drug-likeness (QED) is 0.657. The normalized spacial score (nSPS) is 33.1. The molecule has 13 heavy (non-hydrogen) atoms. The number of ether oxygens (including phenoxy) is 1. The van der Waals surface area contributed by atoms with E-state index in [-0.39, 0.29) is 0 Å². The van der Waals surface area contributed by atoms with Crippen molar-refractivity contribution in [1.29, 1.82) is 0 Å². The van der Waals surface area contributed by atoms with E-state index in [2.05, 4.69) is 17.5 Å². The largest absolute Gasteiger partial charge is 0.368 e. The Morgan fingerprint density at radius 1 is 1.15 bits per heavy atom. The second-order valence-electron chi connectivity index (χ2n) is 4.02. The maximum Gasteiger partial charge on any atom is 0.0831 e. The summed E-state index contributed by atoms with van der Waals surface area (Å²) in [6.45, 7) is 2.09. The van der Waals surface area contributed by atoms with Crippen LogP contribution in [0, 0.1) is 0 Å². The zero-order valence-electron chi connectivity index (χ0n) is 8.17. The van der Waals surface area contributed by atoms with Crippen LogP contribution >= 0.6 is 0 Å². The average molecular weight is 181 g/mol. The van der Waals surface area contributed by atoms with Crippen LogP contribution in [0.5, 0.6) is 0 Å². The maximum atomic E-state index is 5.91. The van der Waals surface area contributed by atoms with Gasteiger partial charge in [-0.3, -0.25) is 0 Å². The van der Waals surface area contributed by atoms with E-state index in [4.69, 9.17) is 4.74 Å². The molecule has 1 N–H and O–H groups in total. The van der Waals surface area contributed by atoms with Crippen LogP contribution < -0.4 is 5.32 Å². The number of nitrogens with one attached hydrogen (secondary N) is 1. The van der Waals surface area contributed by atoms with Crippen LogP contribution in [-0.2, 0) is 4.74 Å². The standard InChI is InChI=1S/C11H19NO/c1-2-4-6-10(7-5-3-1)13-11-8-12-9-11/h4,6,10-12H,1-3,5,7-9H2/b6-4-. The molecule has 2 aliphatic rings. The monoisotopic (exact) mass is 181 g/mol. The number of allylic oxidation sites excluding steroid dienone is 1. The highest BCUT2D eigenvalue weighted by Crippen LogP contribution is 2.16. The molecule has 0 spiro atoms. The topological polar surface area (TPSA) is 21.3 Å². The molecule has 1 aliphatic carbocycles. The molecule has 2 rings (SSSR count). The fraction of sp³-hybridized carbons (Fsp3) is 0.818. The lowest BCUT2D eigenvalue weighted by atomic mass is 10.0. The first kappa shape index (κ1) is 9.22. The number of rotatable bonds is 2. The summed E-state index contributed by atoms with van der Waals surface area (Å²) in [7, 11) is 0. The van der Waals surface area contributed by atoms with Crippen molar-refractivity contribution in [1.82, 2.24) is 5.32 Å². The van der Waals surface area contributed by atoms with Crippen molar-refractivity contribution in [3.05, 3.63) is 12.2 Å². The van der Waals surface area contributed by atoms with Gasteiger partial charge in [-0.25, -0.2) is 0 Å². The molecule has 0 amide bonds. The Hall–Kier alpha value is -0.340. The summed E-state index contributed by atoms with van der Waals surface area (Å²) >= 11 is 0. The Bertz CT molecular complexity index is 175. The SMILES string of the molecule is C1=C\C(OC2CNC2)CCCCC/1. The van der Waals surface area contributed by atoms with E-state index in [9.17, 15) is 0 Å². The van der Waals surface area contributed by atoms with Crippen molar-refractivity contribution in [2.75, 3.05) is 13.1 Å². The number of hydrogen-bond acceptors (Lipinski definition) is 2. The molecule has 1 heterocycles. The summed E-state index contributed by atoms with van der Waals surface area (Å²) in [4.78, 5) is 0.